The van der Waals surface area contributed by atoms with Crippen molar-refractivity contribution in [1.29, 1.82) is 5.41 Å². The highest BCUT2D eigenvalue weighted by atomic mass is 16.5. The summed E-state index contributed by atoms with van der Waals surface area (Å²) in [4.78, 5) is 20.2. The van der Waals surface area contributed by atoms with Gasteiger partial charge in [0.15, 0.2) is 5.96 Å². The zero-order valence-electron chi connectivity index (χ0n) is 17.4. The van der Waals surface area contributed by atoms with Gasteiger partial charge in [0.2, 0.25) is 11.8 Å². The van der Waals surface area contributed by atoms with Gasteiger partial charge >= 0.3 is 6.01 Å². The van der Waals surface area contributed by atoms with Crippen LogP contribution in [0.5, 0.6) is 17.6 Å². The van der Waals surface area contributed by atoms with Gasteiger partial charge in [0.25, 0.3) is 0 Å². The summed E-state index contributed by atoms with van der Waals surface area (Å²) < 4.78 is 21.5. The first-order valence-electron chi connectivity index (χ1n) is 9.32. The van der Waals surface area contributed by atoms with Crippen LogP contribution in [0.1, 0.15) is 18.4 Å². The number of nitrogens with one attached hydrogen (secondary N) is 2. The molecule has 10 heteroatoms. The molecule has 2 rings (SSSR count). The zero-order chi connectivity index (χ0) is 21.9. The summed E-state index contributed by atoms with van der Waals surface area (Å²) >= 11 is 0. The molecule has 2 aromatic rings. The predicted octanol–water partition coefficient (Wildman–Crippen LogP) is 1.52. The van der Waals surface area contributed by atoms with Crippen LogP contribution in [0.15, 0.2) is 24.4 Å². The summed E-state index contributed by atoms with van der Waals surface area (Å²) in [7, 11) is 4.64. The van der Waals surface area contributed by atoms with E-state index in [1.165, 1.54) is 14.2 Å². The molecule has 0 aliphatic carbocycles. The first kappa shape index (κ1) is 22.9. The molecule has 1 amide bonds. The topological polar surface area (TPSA) is 142 Å². The first-order chi connectivity index (χ1) is 14.5. The van der Waals surface area contributed by atoms with Gasteiger partial charge in [-0.25, -0.2) is 4.98 Å². The minimum atomic E-state index is -0.371. The van der Waals surface area contributed by atoms with Crippen LogP contribution in [0.25, 0.3) is 11.1 Å². The van der Waals surface area contributed by atoms with E-state index >= 15 is 0 Å². The Morgan fingerprint density at radius 2 is 1.97 bits per heavy atom. The lowest BCUT2D eigenvalue weighted by Crippen LogP contribution is -2.35. The standard InChI is InChI=1S/C20H27N5O5/c1-27-9-4-10-30-16-11-13(6-8-17(26)24-19(21)22)5-7-14(16)15-12-23-20(29-3)25-18(15)28-2/h5,7,11-12H,4,6,8-10H2,1-3H3,(H4,21,22,24,26). The summed E-state index contributed by atoms with van der Waals surface area (Å²) in [6.45, 7) is 1.03. The lowest BCUT2D eigenvalue weighted by atomic mass is 10.0. The number of aromatic nitrogens is 2. The lowest BCUT2D eigenvalue weighted by Gasteiger charge is -2.15. The summed E-state index contributed by atoms with van der Waals surface area (Å²) in [5, 5.41) is 9.40. The van der Waals surface area contributed by atoms with E-state index in [9.17, 15) is 4.79 Å². The largest absolute Gasteiger partial charge is 0.493 e. The Morgan fingerprint density at radius 1 is 1.17 bits per heavy atom. The average Bonchev–Trinajstić information content (AvgIpc) is 2.74. The third-order valence-corrected chi connectivity index (χ3v) is 4.11. The number of guanidine groups is 1. The highest BCUT2D eigenvalue weighted by Gasteiger charge is 2.16. The molecule has 0 spiro atoms. The minimum absolute atomic E-state index is 0.191. The average molecular weight is 417 g/mol. The Morgan fingerprint density at radius 3 is 2.63 bits per heavy atom. The van der Waals surface area contributed by atoms with Gasteiger partial charge < -0.3 is 24.7 Å². The molecule has 0 fully saturated rings. The molecule has 0 radical (unpaired) electrons. The number of carbonyl (C=O) groups excluding carboxylic acids is 1. The fourth-order valence-corrected chi connectivity index (χ4v) is 2.71. The summed E-state index contributed by atoms with van der Waals surface area (Å²) in [5.41, 5.74) is 7.49. The lowest BCUT2D eigenvalue weighted by molar-refractivity contribution is -0.119. The third-order valence-electron chi connectivity index (χ3n) is 4.11. The summed E-state index contributed by atoms with van der Waals surface area (Å²) in [5.74, 6) is 0.281. The summed E-state index contributed by atoms with van der Waals surface area (Å²) in [6.07, 6.45) is 2.99. The van der Waals surface area contributed by atoms with E-state index in [0.717, 1.165) is 17.5 Å². The first-order valence-corrected chi connectivity index (χ1v) is 9.32. The summed E-state index contributed by atoms with van der Waals surface area (Å²) in [6, 6.07) is 5.83. The quantitative estimate of drug-likeness (QED) is 0.284. The van der Waals surface area contributed by atoms with Crippen molar-refractivity contribution >= 4 is 11.9 Å². The number of hydrogen-bond acceptors (Lipinski definition) is 8. The van der Waals surface area contributed by atoms with Crippen molar-refractivity contribution in [3.63, 3.8) is 0 Å². The molecule has 30 heavy (non-hydrogen) atoms. The molecule has 0 unspecified atom stereocenters. The number of nitrogens with zero attached hydrogens (tertiary/aromatic N) is 2. The number of nitrogens with two attached hydrogens (primary N) is 1. The number of benzene rings is 1. The van der Waals surface area contributed by atoms with Gasteiger partial charge in [0.1, 0.15) is 5.75 Å². The van der Waals surface area contributed by atoms with Crippen LogP contribution in [-0.4, -0.2) is 56.4 Å². The van der Waals surface area contributed by atoms with Gasteiger partial charge in [-0.05, 0) is 18.1 Å². The molecule has 162 valence electrons. The van der Waals surface area contributed by atoms with Crippen LogP contribution in [0.2, 0.25) is 0 Å². The second kappa shape index (κ2) is 11.6. The van der Waals surface area contributed by atoms with Gasteiger partial charge in [-0.2, -0.15) is 4.98 Å². The normalized spacial score (nSPS) is 10.4. The fraction of sp³-hybridized carbons (Fsp3) is 0.400. The van der Waals surface area contributed by atoms with E-state index in [1.54, 1.807) is 13.3 Å². The fourth-order valence-electron chi connectivity index (χ4n) is 2.71. The van der Waals surface area contributed by atoms with Gasteiger partial charge in [-0.3, -0.25) is 15.5 Å². The number of rotatable bonds is 11. The van der Waals surface area contributed by atoms with Crippen molar-refractivity contribution in [3.8, 4) is 28.8 Å². The maximum atomic E-state index is 11.8. The van der Waals surface area contributed by atoms with E-state index in [4.69, 9.17) is 30.1 Å². The molecule has 10 nitrogen and oxygen atoms in total. The molecule has 1 heterocycles. The maximum absolute atomic E-state index is 11.8. The van der Waals surface area contributed by atoms with Crippen molar-refractivity contribution in [2.75, 3.05) is 34.5 Å². The molecular formula is C20H27N5O5. The van der Waals surface area contributed by atoms with Gasteiger partial charge in [-0.1, -0.05) is 12.1 Å². The van der Waals surface area contributed by atoms with E-state index in [2.05, 4.69) is 15.3 Å². The Bertz CT molecular complexity index is 875. The predicted molar refractivity (Wildman–Crippen MR) is 111 cm³/mol. The van der Waals surface area contributed by atoms with Crippen molar-refractivity contribution in [2.45, 2.75) is 19.3 Å². The van der Waals surface area contributed by atoms with Crippen LogP contribution in [-0.2, 0) is 16.0 Å². The van der Waals surface area contributed by atoms with E-state index in [-0.39, 0.29) is 24.3 Å². The highest BCUT2D eigenvalue weighted by molar-refractivity contribution is 5.94. The number of aryl methyl sites for hydroxylation is 1. The number of methoxy groups -OCH3 is 3. The Balaban J connectivity index is 2.30. The molecule has 0 aliphatic rings. The van der Waals surface area contributed by atoms with Gasteiger partial charge in [-0.15, -0.1) is 0 Å². The van der Waals surface area contributed by atoms with Crippen LogP contribution >= 0.6 is 0 Å². The second-order valence-electron chi connectivity index (χ2n) is 6.27. The molecule has 0 bridgehead atoms. The van der Waals surface area contributed by atoms with E-state index < -0.39 is 0 Å². The number of amides is 1. The highest BCUT2D eigenvalue weighted by Crippen LogP contribution is 2.36. The molecule has 1 aromatic carbocycles. The zero-order valence-corrected chi connectivity index (χ0v) is 17.4. The number of carbonyl (C=O) groups is 1. The van der Waals surface area contributed by atoms with Crippen LogP contribution < -0.4 is 25.3 Å². The molecule has 0 atom stereocenters. The smallest absolute Gasteiger partial charge is 0.319 e. The van der Waals surface area contributed by atoms with Crippen LogP contribution in [0.4, 0.5) is 0 Å². The van der Waals surface area contributed by atoms with Gasteiger partial charge in [0.05, 0.1) is 26.4 Å². The van der Waals surface area contributed by atoms with Crippen molar-refractivity contribution in [2.24, 2.45) is 5.73 Å². The molecule has 4 N–H and O–H groups in total. The Hall–Kier alpha value is -3.40. The van der Waals surface area contributed by atoms with Crippen LogP contribution in [0, 0.1) is 5.41 Å². The van der Waals surface area contributed by atoms with Crippen LogP contribution in [0.3, 0.4) is 0 Å². The number of hydrogen-bond donors (Lipinski definition) is 3. The number of ether oxygens (including phenoxy) is 4. The molecule has 0 saturated carbocycles. The Kier molecular flexibility index (Phi) is 8.82. The second-order valence-corrected chi connectivity index (χ2v) is 6.27. The molecule has 1 aromatic heterocycles. The van der Waals surface area contributed by atoms with Crippen molar-refractivity contribution in [1.82, 2.24) is 15.3 Å². The molecule has 0 aliphatic heterocycles. The van der Waals surface area contributed by atoms with Gasteiger partial charge in [0, 0.05) is 38.3 Å². The molecular weight excluding hydrogens is 390 g/mol. The monoisotopic (exact) mass is 417 g/mol. The van der Waals surface area contributed by atoms with E-state index in [1.807, 2.05) is 18.2 Å². The SMILES string of the molecule is COCCCOc1cc(CCC(=O)NC(=N)N)ccc1-c1cnc(OC)nc1OC. The Labute approximate surface area is 175 Å². The molecule has 0 saturated heterocycles. The maximum Gasteiger partial charge on any atom is 0.319 e. The minimum Gasteiger partial charge on any atom is -0.493 e. The third kappa shape index (κ3) is 6.59. The van der Waals surface area contributed by atoms with E-state index in [0.29, 0.717) is 36.8 Å². The van der Waals surface area contributed by atoms with Crippen molar-refractivity contribution < 1.29 is 23.7 Å². The van der Waals surface area contributed by atoms with Crippen molar-refractivity contribution in [3.05, 3.63) is 30.0 Å².